The van der Waals surface area contributed by atoms with E-state index in [1.165, 1.54) is 0 Å². The molecule has 5 heteroatoms. The van der Waals surface area contributed by atoms with Gasteiger partial charge in [0.25, 0.3) is 0 Å². The number of aliphatic hydroxyl groups is 1. The molecule has 0 radical (unpaired) electrons. The van der Waals surface area contributed by atoms with E-state index < -0.39 is 17.5 Å². The highest BCUT2D eigenvalue weighted by Gasteiger charge is 2.37. The van der Waals surface area contributed by atoms with E-state index in [9.17, 15) is 15.0 Å². The second kappa shape index (κ2) is 11.1. The summed E-state index contributed by atoms with van der Waals surface area (Å²) in [5.41, 5.74) is 1.83. The first-order chi connectivity index (χ1) is 15.4. The van der Waals surface area contributed by atoms with Gasteiger partial charge in [-0.15, -0.1) is 0 Å². The van der Waals surface area contributed by atoms with Crippen LogP contribution in [-0.4, -0.2) is 35.4 Å². The largest absolute Gasteiger partial charge is 0.497 e. The van der Waals surface area contributed by atoms with E-state index in [2.05, 4.69) is 24.4 Å². The van der Waals surface area contributed by atoms with Gasteiger partial charge in [-0.3, -0.25) is 0 Å². The fourth-order valence-electron chi connectivity index (χ4n) is 4.27. The number of aliphatic carboxylic acids is 1. The maximum absolute atomic E-state index is 11.8. The SMILES string of the molecule is CCCOC1=C(C(=O)O)C=CC(C[C@@H](C)NC[C@H](O)c2ccccc2)(c2ccccc2)C1. The van der Waals surface area contributed by atoms with Crippen molar-refractivity contribution in [1.82, 2.24) is 5.32 Å². The minimum Gasteiger partial charge on any atom is -0.497 e. The Morgan fingerprint density at radius 3 is 2.41 bits per heavy atom. The topological polar surface area (TPSA) is 78.8 Å². The van der Waals surface area contributed by atoms with Crippen LogP contribution in [0, 0.1) is 0 Å². The second-order valence-corrected chi connectivity index (χ2v) is 8.46. The molecule has 3 atom stereocenters. The van der Waals surface area contributed by atoms with Crippen molar-refractivity contribution in [1.29, 1.82) is 0 Å². The molecule has 0 saturated carbocycles. The number of hydrogen-bond acceptors (Lipinski definition) is 4. The van der Waals surface area contributed by atoms with E-state index in [1.54, 1.807) is 6.08 Å². The molecule has 1 aliphatic carbocycles. The van der Waals surface area contributed by atoms with Crippen LogP contribution in [0.3, 0.4) is 0 Å². The molecule has 5 nitrogen and oxygen atoms in total. The van der Waals surface area contributed by atoms with Gasteiger partial charge >= 0.3 is 5.97 Å². The highest BCUT2D eigenvalue weighted by Crippen LogP contribution is 2.42. The molecular formula is C27H33NO4. The molecule has 2 aromatic carbocycles. The number of rotatable bonds is 11. The van der Waals surface area contributed by atoms with Crippen LogP contribution >= 0.6 is 0 Å². The molecule has 32 heavy (non-hydrogen) atoms. The number of hydrogen-bond donors (Lipinski definition) is 3. The summed E-state index contributed by atoms with van der Waals surface area (Å²) in [6, 6.07) is 19.8. The van der Waals surface area contributed by atoms with Crippen molar-refractivity contribution in [3.05, 3.63) is 95.3 Å². The Labute approximate surface area is 190 Å². The van der Waals surface area contributed by atoms with Crippen LogP contribution in [0.4, 0.5) is 0 Å². The highest BCUT2D eigenvalue weighted by atomic mass is 16.5. The Balaban J connectivity index is 1.79. The van der Waals surface area contributed by atoms with Crippen molar-refractivity contribution >= 4 is 5.97 Å². The summed E-state index contributed by atoms with van der Waals surface area (Å²) in [5, 5.41) is 23.6. The van der Waals surface area contributed by atoms with Crippen LogP contribution < -0.4 is 5.32 Å². The summed E-state index contributed by atoms with van der Waals surface area (Å²) in [5.74, 6) is -0.437. The van der Waals surface area contributed by atoms with Crippen molar-refractivity contribution in [2.75, 3.05) is 13.2 Å². The molecule has 0 heterocycles. The van der Waals surface area contributed by atoms with Gasteiger partial charge in [-0.05, 0) is 37.0 Å². The predicted molar refractivity (Wildman–Crippen MR) is 126 cm³/mol. The van der Waals surface area contributed by atoms with Gasteiger partial charge < -0.3 is 20.3 Å². The Bertz CT molecular complexity index is 939. The number of carbonyl (C=O) groups is 1. The third-order valence-corrected chi connectivity index (χ3v) is 5.92. The molecule has 3 N–H and O–H groups in total. The Kier molecular flexibility index (Phi) is 8.26. The van der Waals surface area contributed by atoms with Crippen molar-refractivity contribution in [2.45, 2.75) is 50.7 Å². The number of allylic oxidation sites excluding steroid dienone is 2. The first-order valence-corrected chi connectivity index (χ1v) is 11.3. The average molecular weight is 436 g/mol. The van der Waals surface area contributed by atoms with Crippen LogP contribution in [-0.2, 0) is 14.9 Å². The third-order valence-electron chi connectivity index (χ3n) is 5.92. The van der Waals surface area contributed by atoms with Crippen LogP contribution in [0.25, 0.3) is 0 Å². The zero-order chi connectivity index (χ0) is 23.0. The number of nitrogens with one attached hydrogen (secondary N) is 1. The number of benzene rings is 2. The second-order valence-electron chi connectivity index (χ2n) is 8.46. The summed E-state index contributed by atoms with van der Waals surface area (Å²) in [6.45, 7) is 5.03. The van der Waals surface area contributed by atoms with Gasteiger partial charge in [-0.2, -0.15) is 0 Å². The minimum atomic E-state index is -0.967. The lowest BCUT2D eigenvalue weighted by atomic mass is 9.70. The van der Waals surface area contributed by atoms with Crippen LogP contribution in [0.15, 0.2) is 84.1 Å². The zero-order valence-electron chi connectivity index (χ0n) is 18.8. The molecule has 0 saturated heterocycles. The number of carboxylic acid groups (broad SMARTS) is 1. The number of ether oxygens (including phenoxy) is 1. The monoisotopic (exact) mass is 435 g/mol. The highest BCUT2D eigenvalue weighted by molar-refractivity contribution is 5.91. The smallest absolute Gasteiger partial charge is 0.339 e. The van der Waals surface area contributed by atoms with E-state index in [0.717, 1.165) is 24.0 Å². The molecule has 1 unspecified atom stereocenters. The lowest BCUT2D eigenvalue weighted by Crippen LogP contribution is -2.39. The normalized spacial score (nSPS) is 20.1. The number of aliphatic hydroxyl groups excluding tert-OH is 1. The minimum absolute atomic E-state index is 0.0806. The summed E-state index contributed by atoms with van der Waals surface area (Å²) in [6.07, 6.45) is 5.15. The average Bonchev–Trinajstić information content (AvgIpc) is 2.82. The van der Waals surface area contributed by atoms with E-state index in [1.807, 2.05) is 61.5 Å². The Morgan fingerprint density at radius 2 is 1.78 bits per heavy atom. The van der Waals surface area contributed by atoms with Crippen LogP contribution in [0.1, 0.15) is 50.3 Å². The first kappa shape index (κ1) is 23.8. The molecule has 2 aromatic rings. The molecular weight excluding hydrogens is 402 g/mol. The summed E-state index contributed by atoms with van der Waals surface area (Å²) in [4.78, 5) is 11.8. The fraction of sp³-hybridized carbons (Fsp3) is 0.370. The predicted octanol–water partition coefficient (Wildman–Crippen LogP) is 4.75. The van der Waals surface area contributed by atoms with Gasteiger partial charge in [-0.1, -0.05) is 73.7 Å². The molecule has 0 amide bonds. The molecule has 1 aliphatic rings. The van der Waals surface area contributed by atoms with Crippen LogP contribution in [0.2, 0.25) is 0 Å². The van der Waals surface area contributed by atoms with E-state index in [4.69, 9.17) is 4.74 Å². The van der Waals surface area contributed by atoms with Crippen molar-refractivity contribution in [3.63, 3.8) is 0 Å². The Morgan fingerprint density at radius 1 is 1.12 bits per heavy atom. The maximum Gasteiger partial charge on any atom is 0.339 e. The lowest BCUT2D eigenvalue weighted by Gasteiger charge is -2.37. The number of carboxylic acids is 1. The van der Waals surface area contributed by atoms with Crippen molar-refractivity contribution in [2.24, 2.45) is 0 Å². The summed E-state index contributed by atoms with van der Waals surface area (Å²) < 4.78 is 5.91. The van der Waals surface area contributed by atoms with Crippen molar-refractivity contribution < 1.29 is 19.7 Å². The van der Waals surface area contributed by atoms with Gasteiger partial charge in [-0.25, -0.2) is 4.79 Å². The third kappa shape index (κ3) is 5.87. The van der Waals surface area contributed by atoms with Gasteiger partial charge in [0.1, 0.15) is 5.76 Å². The van der Waals surface area contributed by atoms with E-state index >= 15 is 0 Å². The van der Waals surface area contributed by atoms with Gasteiger partial charge in [0.15, 0.2) is 0 Å². The van der Waals surface area contributed by atoms with Gasteiger partial charge in [0.05, 0.1) is 18.3 Å². The quantitative estimate of drug-likeness (QED) is 0.475. The van der Waals surface area contributed by atoms with Gasteiger partial charge in [0.2, 0.25) is 0 Å². The molecule has 0 aromatic heterocycles. The zero-order valence-corrected chi connectivity index (χ0v) is 18.8. The molecule has 170 valence electrons. The maximum atomic E-state index is 11.8. The fourth-order valence-corrected chi connectivity index (χ4v) is 4.27. The van der Waals surface area contributed by atoms with Crippen molar-refractivity contribution in [3.8, 4) is 0 Å². The first-order valence-electron chi connectivity index (χ1n) is 11.3. The molecule has 0 fully saturated rings. The standard InChI is InChI=1S/C27H33NO4/c1-3-16-32-25-18-27(15-14-23(25)26(30)31,22-12-8-5-9-13-22)17-20(2)28-19-24(29)21-10-6-4-7-11-21/h4-15,20,24,28-29H,3,16-19H2,1-2H3,(H,30,31)/t20-,24+,27?/m1/s1. The summed E-state index contributed by atoms with van der Waals surface area (Å²) >= 11 is 0. The van der Waals surface area contributed by atoms with E-state index in [-0.39, 0.29) is 11.6 Å². The lowest BCUT2D eigenvalue weighted by molar-refractivity contribution is -0.132. The Hall–Kier alpha value is -2.89. The molecule has 0 aliphatic heterocycles. The molecule has 0 spiro atoms. The van der Waals surface area contributed by atoms with E-state index in [0.29, 0.717) is 25.3 Å². The molecule has 3 rings (SSSR count). The molecule has 0 bridgehead atoms. The van der Waals surface area contributed by atoms with Crippen LogP contribution in [0.5, 0.6) is 0 Å². The van der Waals surface area contributed by atoms with Gasteiger partial charge in [0, 0.05) is 24.4 Å². The summed E-state index contributed by atoms with van der Waals surface area (Å²) in [7, 11) is 0.